The maximum absolute atomic E-state index is 12.2. The van der Waals surface area contributed by atoms with Crippen LogP contribution in [0.3, 0.4) is 0 Å². The second-order valence-corrected chi connectivity index (χ2v) is 6.45. The monoisotopic (exact) mass is 333 g/mol. The molecule has 0 aliphatic rings. The van der Waals surface area contributed by atoms with Gasteiger partial charge >= 0.3 is 0 Å². The molecule has 0 bridgehead atoms. The first-order chi connectivity index (χ1) is 11.1. The Balaban J connectivity index is 1.94. The maximum Gasteiger partial charge on any atom is 0.258 e. The number of ether oxygens (including phenoxy) is 2. The molecule has 0 aliphatic carbocycles. The normalized spacial score (nSPS) is 12.0. The molecular formula is C18H23NO3S. The van der Waals surface area contributed by atoms with Gasteiger partial charge in [-0.1, -0.05) is 32.0 Å². The summed E-state index contributed by atoms with van der Waals surface area (Å²) in [6, 6.07) is 11.4. The topological polar surface area (TPSA) is 47.6 Å². The number of para-hydroxylation sites is 2. The van der Waals surface area contributed by atoms with E-state index in [0.717, 1.165) is 4.88 Å². The number of hydrogen-bond donors (Lipinski definition) is 1. The molecule has 4 nitrogen and oxygen atoms in total. The van der Waals surface area contributed by atoms with E-state index in [-0.39, 0.29) is 18.6 Å². The number of rotatable bonds is 8. The molecule has 0 spiro atoms. The van der Waals surface area contributed by atoms with Crippen LogP contribution in [-0.4, -0.2) is 19.1 Å². The van der Waals surface area contributed by atoms with Crippen molar-refractivity contribution < 1.29 is 14.3 Å². The third-order valence-corrected chi connectivity index (χ3v) is 4.30. The number of carbonyl (C=O) groups is 1. The number of amides is 1. The van der Waals surface area contributed by atoms with E-state index >= 15 is 0 Å². The minimum absolute atomic E-state index is 0.00763. The lowest BCUT2D eigenvalue weighted by molar-refractivity contribution is -0.124. The molecule has 124 valence electrons. The van der Waals surface area contributed by atoms with Crippen molar-refractivity contribution in [3.63, 3.8) is 0 Å². The van der Waals surface area contributed by atoms with Crippen molar-refractivity contribution >= 4 is 17.2 Å². The number of benzene rings is 1. The Kier molecular flexibility index (Phi) is 6.47. The number of hydrogen-bond acceptors (Lipinski definition) is 4. The third-order valence-electron chi connectivity index (χ3n) is 3.34. The molecule has 1 heterocycles. The van der Waals surface area contributed by atoms with E-state index in [1.807, 2.05) is 42.6 Å². The molecule has 0 fully saturated rings. The van der Waals surface area contributed by atoms with Gasteiger partial charge < -0.3 is 14.8 Å². The van der Waals surface area contributed by atoms with Crippen LogP contribution >= 0.6 is 11.3 Å². The smallest absolute Gasteiger partial charge is 0.258 e. The Bertz CT molecular complexity index is 610. The molecule has 1 aromatic heterocycles. The van der Waals surface area contributed by atoms with Crippen LogP contribution in [0.25, 0.3) is 0 Å². The van der Waals surface area contributed by atoms with Gasteiger partial charge in [0.1, 0.15) is 0 Å². The van der Waals surface area contributed by atoms with E-state index in [1.165, 1.54) is 0 Å². The van der Waals surface area contributed by atoms with Crippen molar-refractivity contribution in [3.8, 4) is 11.5 Å². The molecule has 1 aromatic carbocycles. The number of carbonyl (C=O) groups excluding carboxylic acids is 1. The summed E-state index contributed by atoms with van der Waals surface area (Å²) >= 11 is 1.65. The predicted molar refractivity (Wildman–Crippen MR) is 93.1 cm³/mol. The van der Waals surface area contributed by atoms with Crippen molar-refractivity contribution in [2.75, 3.05) is 13.2 Å². The molecule has 5 heteroatoms. The zero-order valence-electron chi connectivity index (χ0n) is 13.7. The number of nitrogens with one attached hydrogen (secondary N) is 1. The molecule has 1 amide bonds. The Morgan fingerprint density at radius 2 is 1.83 bits per heavy atom. The SMILES string of the molecule is CCOc1ccccc1OCC(=O)NC(c1cccs1)C(C)C. The molecule has 0 radical (unpaired) electrons. The van der Waals surface area contributed by atoms with Gasteiger partial charge in [-0.15, -0.1) is 11.3 Å². The third kappa shape index (κ3) is 4.99. The molecule has 1 N–H and O–H groups in total. The standard InChI is InChI=1S/C18H23NO3S/c1-4-21-14-8-5-6-9-15(14)22-12-17(20)19-18(13(2)3)16-10-7-11-23-16/h5-11,13,18H,4,12H2,1-3H3,(H,19,20). The molecule has 0 saturated heterocycles. The fraction of sp³-hybridized carbons (Fsp3) is 0.389. The van der Waals surface area contributed by atoms with Crippen molar-refractivity contribution in [2.24, 2.45) is 5.92 Å². The molecule has 0 aliphatic heterocycles. The van der Waals surface area contributed by atoms with Gasteiger partial charge in [0.05, 0.1) is 12.6 Å². The van der Waals surface area contributed by atoms with E-state index in [9.17, 15) is 4.79 Å². The molecule has 1 atom stereocenters. The summed E-state index contributed by atoms with van der Waals surface area (Å²) in [4.78, 5) is 13.4. The molecule has 2 aromatic rings. The fourth-order valence-corrected chi connectivity index (χ4v) is 3.19. The quantitative estimate of drug-likeness (QED) is 0.793. The van der Waals surface area contributed by atoms with Gasteiger partial charge in [0, 0.05) is 4.88 Å². The van der Waals surface area contributed by atoms with Crippen LogP contribution in [0.1, 0.15) is 31.7 Å². The van der Waals surface area contributed by atoms with E-state index in [4.69, 9.17) is 9.47 Å². The van der Waals surface area contributed by atoms with E-state index in [0.29, 0.717) is 24.0 Å². The van der Waals surface area contributed by atoms with E-state index in [2.05, 4.69) is 19.2 Å². The summed E-state index contributed by atoms with van der Waals surface area (Å²) in [6.07, 6.45) is 0. The summed E-state index contributed by atoms with van der Waals surface area (Å²) in [6.45, 7) is 6.63. The second-order valence-electron chi connectivity index (χ2n) is 5.47. The summed E-state index contributed by atoms with van der Waals surface area (Å²) in [5, 5.41) is 5.07. The fourth-order valence-electron chi connectivity index (χ4n) is 2.24. The second kappa shape index (κ2) is 8.58. The minimum Gasteiger partial charge on any atom is -0.490 e. The first-order valence-electron chi connectivity index (χ1n) is 7.79. The Labute approximate surface area is 141 Å². The van der Waals surface area contributed by atoms with E-state index < -0.39 is 0 Å². The Hall–Kier alpha value is -2.01. The molecule has 1 unspecified atom stereocenters. The average Bonchev–Trinajstić information content (AvgIpc) is 3.06. The minimum atomic E-state index is -0.136. The highest BCUT2D eigenvalue weighted by Crippen LogP contribution is 2.27. The van der Waals surface area contributed by atoms with Crippen molar-refractivity contribution in [1.29, 1.82) is 0 Å². The van der Waals surface area contributed by atoms with Gasteiger partial charge in [-0.3, -0.25) is 4.79 Å². The van der Waals surface area contributed by atoms with E-state index in [1.54, 1.807) is 17.4 Å². The highest BCUT2D eigenvalue weighted by Gasteiger charge is 2.19. The van der Waals surface area contributed by atoms with Crippen LogP contribution < -0.4 is 14.8 Å². The van der Waals surface area contributed by atoms with Gasteiger partial charge in [0.25, 0.3) is 5.91 Å². The summed E-state index contributed by atoms with van der Waals surface area (Å²) in [7, 11) is 0. The van der Waals surface area contributed by atoms with Gasteiger partial charge in [0.15, 0.2) is 18.1 Å². The number of thiophene rings is 1. The summed E-state index contributed by atoms with van der Waals surface area (Å²) in [5.74, 6) is 1.42. The Morgan fingerprint density at radius 3 is 2.39 bits per heavy atom. The van der Waals surface area contributed by atoms with Gasteiger partial charge in [-0.05, 0) is 36.4 Å². The predicted octanol–water partition coefficient (Wildman–Crippen LogP) is 4.04. The first kappa shape index (κ1) is 17.3. The van der Waals surface area contributed by atoms with Crippen LogP contribution in [-0.2, 0) is 4.79 Å². The molecule has 0 saturated carbocycles. The molecular weight excluding hydrogens is 310 g/mol. The Morgan fingerprint density at radius 1 is 1.13 bits per heavy atom. The van der Waals surface area contributed by atoms with Crippen LogP contribution in [0.2, 0.25) is 0 Å². The highest BCUT2D eigenvalue weighted by molar-refractivity contribution is 7.10. The van der Waals surface area contributed by atoms with Crippen LogP contribution in [0.4, 0.5) is 0 Å². The molecule has 2 rings (SSSR count). The highest BCUT2D eigenvalue weighted by atomic mass is 32.1. The lowest BCUT2D eigenvalue weighted by Gasteiger charge is -2.21. The molecule has 23 heavy (non-hydrogen) atoms. The largest absolute Gasteiger partial charge is 0.490 e. The summed E-state index contributed by atoms with van der Waals surface area (Å²) in [5.41, 5.74) is 0. The zero-order chi connectivity index (χ0) is 16.7. The van der Waals surface area contributed by atoms with Gasteiger partial charge in [0.2, 0.25) is 0 Å². The summed E-state index contributed by atoms with van der Waals surface area (Å²) < 4.78 is 11.1. The van der Waals surface area contributed by atoms with Crippen LogP contribution in [0, 0.1) is 5.92 Å². The van der Waals surface area contributed by atoms with Crippen molar-refractivity contribution in [2.45, 2.75) is 26.8 Å². The van der Waals surface area contributed by atoms with Crippen LogP contribution in [0.5, 0.6) is 11.5 Å². The first-order valence-corrected chi connectivity index (χ1v) is 8.67. The van der Waals surface area contributed by atoms with Crippen molar-refractivity contribution in [3.05, 3.63) is 46.7 Å². The van der Waals surface area contributed by atoms with Crippen molar-refractivity contribution in [1.82, 2.24) is 5.32 Å². The average molecular weight is 333 g/mol. The lowest BCUT2D eigenvalue weighted by atomic mass is 10.0. The van der Waals surface area contributed by atoms with Gasteiger partial charge in [-0.25, -0.2) is 0 Å². The zero-order valence-corrected chi connectivity index (χ0v) is 14.6. The lowest BCUT2D eigenvalue weighted by Crippen LogP contribution is -2.34. The van der Waals surface area contributed by atoms with Gasteiger partial charge in [-0.2, -0.15) is 0 Å². The maximum atomic E-state index is 12.2. The van der Waals surface area contributed by atoms with Crippen LogP contribution in [0.15, 0.2) is 41.8 Å².